The fourth-order valence-electron chi connectivity index (χ4n) is 2.40. The van der Waals surface area contributed by atoms with E-state index in [-0.39, 0.29) is 11.8 Å². The van der Waals surface area contributed by atoms with E-state index < -0.39 is 0 Å². The van der Waals surface area contributed by atoms with Crippen LogP contribution in [0.1, 0.15) is 39.4 Å². The highest BCUT2D eigenvalue weighted by Gasteiger charge is 2.25. The molecule has 122 valence electrons. The normalized spacial score (nSPS) is 10.4. The summed E-state index contributed by atoms with van der Waals surface area (Å²) in [5.74, 6) is -0.371. The van der Waals surface area contributed by atoms with Gasteiger partial charge in [0, 0.05) is 18.8 Å². The van der Waals surface area contributed by atoms with E-state index in [4.69, 9.17) is 5.73 Å². The minimum Gasteiger partial charge on any atom is -0.390 e. The number of para-hydroxylation sites is 1. The van der Waals surface area contributed by atoms with Crippen LogP contribution in [0.3, 0.4) is 0 Å². The number of carbonyl (C=O) groups excluding carboxylic acids is 2. The zero-order valence-electron chi connectivity index (χ0n) is 13.6. The van der Waals surface area contributed by atoms with E-state index in [0.29, 0.717) is 39.8 Å². The molecule has 0 bridgehead atoms. The quantitative estimate of drug-likeness (QED) is 0.882. The third-order valence-electron chi connectivity index (χ3n) is 3.68. The molecule has 6 heteroatoms. The molecule has 1 heterocycles. The van der Waals surface area contributed by atoms with Crippen LogP contribution in [0.4, 0.5) is 10.7 Å². The molecule has 23 heavy (non-hydrogen) atoms. The number of rotatable bonds is 5. The highest BCUT2D eigenvalue weighted by molar-refractivity contribution is 7.18. The molecule has 0 fully saturated rings. The zero-order valence-corrected chi connectivity index (χ0v) is 14.4. The first-order valence-corrected chi connectivity index (χ1v) is 8.35. The number of amides is 2. The van der Waals surface area contributed by atoms with Crippen LogP contribution in [0.15, 0.2) is 30.3 Å². The van der Waals surface area contributed by atoms with Crippen molar-refractivity contribution < 1.29 is 9.59 Å². The van der Waals surface area contributed by atoms with Crippen molar-refractivity contribution in [2.24, 2.45) is 0 Å². The highest BCUT2D eigenvalue weighted by atomic mass is 32.1. The van der Waals surface area contributed by atoms with E-state index in [2.05, 4.69) is 5.32 Å². The molecule has 0 saturated heterocycles. The van der Waals surface area contributed by atoms with Crippen molar-refractivity contribution in [1.29, 1.82) is 0 Å². The molecule has 3 N–H and O–H groups in total. The Kier molecular flexibility index (Phi) is 5.39. The molecule has 0 aliphatic rings. The number of thiophene rings is 1. The molecule has 0 aliphatic carbocycles. The van der Waals surface area contributed by atoms with Crippen molar-refractivity contribution >= 4 is 33.8 Å². The Morgan fingerprint density at radius 3 is 2.35 bits per heavy atom. The fourth-order valence-corrected chi connectivity index (χ4v) is 3.36. The summed E-state index contributed by atoms with van der Waals surface area (Å²) in [5.41, 5.74) is 7.80. The average Bonchev–Trinajstić information content (AvgIpc) is 2.84. The molecule has 1 aromatic heterocycles. The lowest BCUT2D eigenvalue weighted by Gasteiger charge is -2.18. The van der Waals surface area contributed by atoms with Crippen LogP contribution in [0.5, 0.6) is 0 Å². The summed E-state index contributed by atoms with van der Waals surface area (Å²) in [4.78, 5) is 27.2. The topological polar surface area (TPSA) is 75.4 Å². The maximum absolute atomic E-state index is 12.6. The monoisotopic (exact) mass is 331 g/mol. The Morgan fingerprint density at radius 1 is 1.17 bits per heavy atom. The van der Waals surface area contributed by atoms with E-state index >= 15 is 0 Å². The molecule has 0 atom stereocenters. The SMILES string of the molecule is CCN(CC)C(=O)c1c(N)sc(C(=O)Nc2ccccc2)c1C. The average molecular weight is 331 g/mol. The van der Waals surface area contributed by atoms with E-state index in [1.54, 1.807) is 11.8 Å². The lowest BCUT2D eigenvalue weighted by molar-refractivity contribution is 0.0774. The van der Waals surface area contributed by atoms with Crippen LogP contribution in [-0.4, -0.2) is 29.8 Å². The second-order valence-corrected chi connectivity index (χ2v) is 6.15. The third kappa shape index (κ3) is 3.53. The van der Waals surface area contributed by atoms with Gasteiger partial charge in [-0.05, 0) is 38.5 Å². The van der Waals surface area contributed by atoms with Crippen LogP contribution in [0.25, 0.3) is 0 Å². The van der Waals surface area contributed by atoms with Gasteiger partial charge in [-0.3, -0.25) is 9.59 Å². The zero-order chi connectivity index (χ0) is 17.0. The lowest BCUT2D eigenvalue weighted by Crippen LogP contribution is -2.31. The van der Waals surface area contributed by atoms with Gasteiger partial charge in [0.15, 0.2) is 0 Å². The number of benzene rings is 1. The summed E-state index contributed by atoms with van der Waals surface area (Å²) < 4.78 is 0. The molecule has 5 nitrogen and oxygen atoms in total. The van der Waals surface area contributed by atoms with Gasteiger partial charge in [-0.15, -0.1) is 11.3 Å². The number of nitrogens with two attached hydrogens (primary N) is 1. The van der Waals surface area contributed by atoms with Crippen molar-refractivity contribution in [3.05, 3.63) is 46.3 Å². The van der Waals surface area contributed by atoms with Gasteiger partial charge in [0.2, 0.25) is 0 Å². The van der Waals surface area contributed by atoms with E-state index in [0.717, 1.165) is 11.3 Å². The van der Waals surface area contributed by atoms with Gasteiger partial charge >= 0.3 is 0 Å². The summed E-state index contributed by atoms with van der Waals surface area (Å²) in [5, 5.41) is 3.21. The smallest absolute Gasteiger partial charge is 0.266 e. The predicted molar refractivity (Wildman–Crippen MR) is 95.1 cm³/mol. The standard InChI is InChI=1S/C17H21N3O2S/c1-4-20(5-2)17(22)13-11(3)14(23-15(13)18)16(21)19-12-9-7-6-8-10-12/h6-10H,4-5,18H2,1-3H3,(H,19,21). The second kappa shape index (κ2) is 7.28. The van der Waals surface area contributed by atoms with Gasteiger partial charge in [-0.25, -0.2) is 0 Å². The van der Waals surface area contributed by atoms with Crippen LogP contribution in [0, 0.1) is 6.92 Å². The number of nitrogens with one attached hydrogen (secondary N) is 1. The second-order valence-electron chi connectivity index (χ2n) is 5.09. The number of nitrogen functional groups attached to an aromatic ring is 1. The molecule has 0 aliphatic heterocycles. The molecule has 0 unspecified atom stereocenters. The van der Waals surface area contributed by atoms with Gasteiger partial charge in [0.25, 0.3) is 11.8 Å². The first-order valence-electron chi connectivity index (χ1n) is 7.54. The number of anilines is 2. The number of carbonyl (C=O) groups is 2. The van der Waals surface area contributed by atoms with Crippen LogP contribution in [0.2, 0.25) is 0 Å². The Morgan fingerprint density at radius 2 is 1.78 bits per heavy atom. The number of hydrogen-bond donors (Lipinski definition) is 2. The predicted octanol–water partition coefficient (Wildman–Crippen LogP) is 3.37. The Labute approximate surface area is 140 Å². The molecule has 0 spiro atoms. The minimum absolute atomic E-state index is 0.125. The van der Waals surface area contributed by atoms with Crippen molar-refractivity contribution in [1.82, 2.24) is 4.90 Å². The maximum atomic E-state index is 12.6. The molecular weight excluding hydrogens is 310 g/mol. The summed E-state index contributed by atoms with van der Waals surface area (Å²) in [6.45, 7) is 6.82. The molecular formula is C17H21N3O2S. The number of nitrogens with zero attached hydrogens (tertiary/aromatic N) is 1. The number of hydrogen-bond acceptors (Lipinski definition) is 4. The highest BCUT2D eigenvalue weighted by Crippen LogP contribution is 2.32. The van der Waals surface area contributed by atoms with Crippen LogP contribution in [-0.2, 0) is 0 Å². The summed E-state index contributed by atoms with van der Waals surface area (Å²) in [6, 6.07) is 9.20. The molecule has 0 radical (unpaired) electrons. The fraction of sp³-hybridized carbons (Fsp3) is 0.294. The molecule has 2 rings (SSSR count). The van der Waals surface area contributed by atoms with Crippen LogP contribution < -0.4 is 11.1 Å². The summed E-state index contributed by atoms with van der Waals surface area (Å²) in [6.07, 6.45) is 0. The van der Waals surface area contributed by atoms with Gasteiger partial charge in [-0.1, -0.05) is 18.2 Å². The minimum atomic E-state index is -0.246. The van der Waals surface area contributed by atoms with Crippen molar-refractivity contribution in [3.8, 4) is 0 Å². The van der Waals surface area contributed by atoms with E-state index in [1.807, 2.05) is 44.2 Å². The van der Waals surface area contributed by atoms with Crippen molar-refractivity contribution in [3.63, 3.8) is 0 Å². The Hall–Kier alpha value is -2.34. The van der Waals surface area contributed by atoms with Crippen LogP contribution >= 0.6 is 11.3 Å². The first kappa shape index (κ1) is 17.0. The first-order chi connectivity index (χ1) is 11.0. The summed E-state index contributed by atoms with van der Waals surface area (Å²) in [7, 11) is 0. The van der Waals surface area contributed by atoms with Gasteiger partial charge in [0.05, 0.1) is 15.4 Å². The lowest BCUT2D eigenvalue weighted by atomic mass is 10.1. The maximum Gasteiger partial charge on any atom is 0.266 e. The third-order valence-corrected chi connectivity index (χ3v) is 4.80. The van der Waals surface area contributed by atoms with Gasteiger partial charge in [0.1, 0.15) is 0 Å². The van der Waals surface area contributed by atoms with Gasteiger partial charge in [-0.2, -0.15) is 0 Å². The summed E-state index contributed by atoms with van der Waals surface area (Å²) >= 11 is 1.15. The molecule has 2 aromatic rings. The van der Waals surface area contributed by atoms with E-state index in [9.17, 15) is 9.59 Å². The van der Waals surface area contributed by atoms with Gasteiger partial charge < -0.3 is 16.0 Å². The van der Waals surface area contributed by atoms with Crippen molar-refractivity contribution in [2.75, 3.05) is 24.1 Å². The molecule has 0 saturated carbocycles. The van der Waals surface area contributed by atoms with Crippen molar-refractivity contribution in [2.45, 2.75) is 20.8 Å². The molecule has 1 aromatic carbocycles. The molecule has 2 amide bonds. The largest absolute Gasteiger partial charge is 0.390 e. The Bertz CT molecular complexity index is 706. The van der Waals surface area contributed by atoms with E-state index in [1.165, 1.54) is 0 Å². The Balaban J connectivity index is 2.30.